The number of fused-ring (bicyclic) bond motifs is 3. The highest BCUT2D eigenvalue weighted by atomic mass is 35.5. The topological polar surface area (TPSA) is 95.6 Å². The van der Waals surface area contributed by atoms with Gasteiger partial charge in [0.1, 0.15) is 22.4 Å². The second kappa shape index (κ2) is 6.88. The summed E-state index contributed by atoms with van der Waals surface area (Å²) in [6, 6.07) is 1.21. The smallest absolute Gasteiger partial charge is 0.341 e. The number of carboxylic acid groups (broad SMARTS) is 1. The zero-order chi connectivity index (χ0) is 21.1. The van der Waals surface area contributed by atoms with E-state index in [-0.39, 0.29) is 29.2 Å². The van der Waals surface area contributed by atoms with E-state index < -0.39 is 11.4 Å². The third-order valence-corrected chi connectivity index (χ3v) is 6.10. The molecule has 2 aromatic rings. The van der Waals surface area contributed by atoms with Crippen molar-refractivity contribution in [3.05, 3.63) is 33.1 Å². The Balaban J connectivity index is 1.80. The lowest BCUT2D eigenvalue weighted by Crippen LogP contribution is -2.39. The van der Waals surface area contributed by atoms with Crippen LogP contribution >= 0.6 is 11.6 Å². The van der Waals surface area contributed by atoms with Crippen LogP contribution in [-0.4, -0.2) is 44.7 Å². The molecule has 156 valence electrons. The molecule has 1 aliphatic heterocycles. The van der Waals surface area contributed by atoms with Gasteiger partial charge in [-0.15, -0.1) is 5.10 Å². The number of methoxy groups -OCH3 is 1. The van der Waals surface area contributed by atoms with E-state index in [2.05, 4.69) is 25.9 Å². The molecule has 4 rings (SSSR count). The van der Waals surface area contributed by atoms with Gasteiger partial charge in [-0.3, -0.25) is 9.48 Å². The van der Waals surface area contributed by atoms with E-state index in [1.54, 1.807) is 11.8 Å². The van der Waals surface area contributed by atoms with Crippen LogP contribution in [0.5, 0.6) is 5.88 Å². The summed E-state index contributed by atoms with van der Waals surface area (Å²) >= 11 is 6.61. The molecule has 2 aliphatic rings. The fourth-order valence-electron chi connectivity index (χ4n) is 3.93. The Morgan fingerprint density at radius 3 is 2.59 bits per heavy atom. The first-order chi connectivity index (χ1) is 13.6. The highest BCUT2D eigenvalue weighted by molar-refractivity contribution is 6.34. The highest BCUT2D eigenvalue weighted by Crippen LogP contribution is 2.45. The summed E-state index contributed by atoms with van der Waals surface area (Å²) in [7, 11) is 1.68. The minimum atomic E-state index is -1.25. The summed E-state index contributed by atoms with van der Waals surface area (Å²) < 4.78 is 14.8. The van der Waals surface area contributed by atoms with E-state index >= 15 is 0 Å². The Labute approximate surface area is 173 Å². The van der Waals surface area contributed by atoms with Gasteiger partial charge >= 0.3 is 5.97 Å². The van der Waals surface area contributed by atoms with Crippen molar-refractivity contribution in [2.75, 3.05) is 7.11 Å². The van der Waals surface area contributed by atoms with Gasteiger partial charge in [0.2, 0.25) is 0 Å². The van der Waals surface area contributed by atoms with Crippen LogP contribution < -0.4 is 10.2 Å². The molecule has 3 heterocycles. The van der Waals surface area contributed by atoms with Gasteiger partial charge in [-0.2, -0.15) is 0 Å². The van der Waals surface area contributed by atoms with Gasteiger partial charge in [0.15, 0.2) is 5.43 Å². The Morgan fingerprint density at radius 2 is 2.00 bits per heavy atom. The summed E-state index contributed by atoms with van der Waals surface area (Å²) in [5.74, 6) is -0.915. The van der Waals surface area contributed by atoms with Crippen molar-refractivity contribution in [2.45, 2.75) is 58.4 Å². The second-order valence-electron chi connectivity index (χ2n) is 8.75. The number of carboxylic acids is 1. The number of nitrogens with zero attached hydrogens (tertiary/aromatic N) is 3. The molecular formula is C20H24ClN3O5. The maximum atomic E-state index is 12.4. The van der Waals surface area contributed by atoms with E-state index in [0.717, 1.165) is 12.8 Å². The maximum absolute atomic E-state index is 12.4. The fraction of sp³-hybridized carbons (Fsp3) is 0.550. The minimum Gasteiger partial charge on any atom is -0.477 e. The van der Waals surface area contributed by atoms with Crippen LogP contribution in [0, 0.1) is 5.41 Å². The second-order valence-corrected chi connectivity index (χ2v) is 9.13. The highest BCUT2D eigenvalue weighted by Gasteiger charge is 2.38. The van der Waals surface area contributed by atoms with Gasteiger partial charge in [0, 0.05) is 32.2 Å². The quantitative estimate of drug-likeness (QED) is 0.814. The number of hydrogen-bond acceptors (Lipinski definition) is 5. The van der Waals surface area contributed by atoms with Crippen LogP contribution in [0.1, 0.15) is 50.0 Å². The Kier molecular flexibility index (Phi) is 4.74. The first kappa shape index (κ1) is 20.0. The molecule has 0 amide bonds. The molecule has 0 spiro atoms. The monoisotopic (exact) mass is 421 g/mol. The predicted octanol–water partition coefficient (Wildman–Crippen LogP) is 3.22. The standard InChI is InChI=1S/C20H24ClN3O5/c1-20(2,3)15-9-24-17(13-7-14(25)12(19(26)27)8-23(13)15)16(21)18(22-24)29-11-5-10(6-11)28-4/h7-8,10-11,15H,5-6,9H2,1-4H3,(H,26,27)/t10?,11?,15-/m0/s1. The lowest BCUT2D eigenvalue weighted by Gasteiger charge is -2.38. The van der Waals surface area contributed by atoms with Crippen LogP contribution in [0.3, 0.4) is 0 Å². The molecule has 1 fully saturated rings. The largest absolute Gasteiger partial charge is 0.477 e. The van der Waals surface area contributed by atoms with Crippen LogP contribution in [0.4, 0.5) is 0 Å². The predicted molar refractivity (Wildman–Crippen MR) is 107 cm³/mol. The number of pyridine rings is 1. The summed E-state index contributed by atoms with van der Waals surface area (Å²) in [6.45, 7) is 6.68. The number of rotatable bonds is 4. The van der Waals surface area contributed by atoms with Crippen LogP contribution in [0.25, 0.3) is 11.4 Å². The van der Waals surface area contributed by atoms with Gasteiger partial charge in [-0.05, 0) is 5.41 Å². The zero-order valence-corrected chi connectivity index (χ0v) is 17.6. The molecule has 1 aliphatic carbocycles. The molecule has 9 heteroatoms. The van der Waals surface area contributed by atoms with Crippen molar-refractivity contribution in [1.82, 2.24) is 14.3 Å². The third-order valence-electron chi connectivity index (χ3n) is 5.76. The lowest BCUT2D eigenvalue weighted by atomic mass is 9.85. The Morgan fingerprint density at radius 1 is 1.31 bits per heavy atom. The Hall–Kier alpha value is -2.32. The molecule has 0 unspecified atom stereocenters. The van der Waals surface area contributed by atoms with Crippen molar-refractivity contribution in [3.8, 4) is 17.3 Å². The van der Waals surface area contributed by atoms with Crippen LogP contribution in [0.15, 0.2) is 17.1 Å². The van der Waals surface area contributed by atoms with Crippen LogP contribution in [-0.2, 0) is 11.3 Å². The molecule has 29 heavy (non-hydrogen) atoms. The van der Waals surface area contributed by atoms with E-state index in [4.69, 9.17) is 21.1 Å². The normalized spacial score (nSPS) is 23.1. The first-order valence-electron chi connectivity index (χ1n) is 9.55. The molecule has 2 aromatic heterocycles. The summed E-state index contributed by atoms with van der Waals surface area (Å²) in [5.41, 5.74) is 0.0759. The molecule has 0 aromatic carbocycles. The third kappa shape index (κ3) is 3.34. The lowest BCUT2D eigenvalue weighted by molar-refractivity contribution is -0.0398. The molecular weight excluding hydrogens is 398 g/mol. The van der Waals surface area contributed by atoms with Crippen LogP contribution in [0.2, 0.25) is 5.02 Å². The number of carbonyl (C=O) groups is 1. The number of aromatic carboxylic acids is 1. The van der Waals surface area contributed by atoms with Gasteiger partial charge in [-0.1, -0.05) is 32.4 Å². The number of hydrogen-bond donors (Lipinski definition) is 1. The summed E-state index contributed by atoms with van der Waals surface area (Å²) in [5, 5.41) is 14.3. The fourth-order valence-corrected chi connectivity index (χ4v) is 4.21. The minimum absolute atomic E-state index is 0.00982. The van der Waals surface area contributed by atoms with E-state index in [0.29, 0.717) is 28.8 Å². The molecule has 1 saturated carbocycles. The SMILES string of the molecule is COC1CC(Oc2nn3c(c2Cl)-c2cc(=O)c(C(=O)O)cn2[C@H](C(C)(C)C)C3)C1. The van der Waals surface area contributed by atoms with Gasteiger partial charge < -0.3 is 19.1 Å². The molecule has 0 bridgehead atoms. The average molecular weight is 422 g/mol. The molecule has 1 N–H and O–H groups in total. The van der Waals surface area contributed by atoms with Gasteiger partial charge in [-0.25, -0.2) is 4.79 Å². The van der Waals surface area contributed by atoms with E-state index in [1.165, 1.54) is 12.3 Å². The Bertz CT molecular complexity index is 1030. The van der Waals surface area contributed by atoms with Crippen molar-refractivity contribution < 1.29 is 19.4 Å². The average Bonchev–Trinajstić information content (AvgIpc) is 2.91. The van der Waals surface area contributed by atoms with Crippen molar-refractivity contribution >= 4 is 17.6 Å². The number of halogens is 1. The van der Waals surface area contributed by atoms with Crippen molar-refractivity contribution in [2.24, 2.45) is 5.41 Å². The number of aromatic nitrogens is 3. The van der Waals surface area contributed by atoms with E-state index in [9.17, 15) is 14.7 Å². The first-order valence-corrected chi connectivity index (χ1v) is 9.93. The maximum Gasteiger partial charge on any atom is 0.341 e. The molecule has 8 nitrogen and oxygen atoms in total. The van der Waals surface area contributed by atoms with Gasteiger partial charge in [0.25, 0.3) is 5.88 Å². The molecule has 0 saturated heterocycles. The molecule has 1 atom stereocenters. The summed E-state index contributed by atoms with van der Waals surface area (Å²) in [6.07, 6.45) is 3.15. The van der Waals surface area contributed by atoms with Crippen molar-refractivity contribution in [1.29, 1.82) is 0 Å². The van der Waals surface area contributed by atoms with Gasteiger partial charge in [0.05, 0.1) is 24.4 Å². The van der Waals surface area contributed by atoms with E-state index in [1.807, 2.05) is 4.57 Å². The van der Waals surface area contributed by atoms with Crippen molar-refractivity contribution in [3.63, 3.8) is 0 Å². The molecule has 0 radical (unpaired) electrons. The zero-order valence-electron chi connectivity index (χ0n) is 16.8. The summed E-state index contributed by atoms with van der Waals surface area (Å²) in [4.78, 5) is 23.9. The number of ether oxygens (including phenoxy) is 2.